The van der Waals surface area contributed by atoms with Crippen molar-refractivity contribution in [1.82, 2.24) is 4.98 Å². The van der Waals surface area contributed by atoms with Gasteiger partial charge in [-0.25, -0.2) is 0 Å². The van der Waals surface area contributed by atoms with Gasteiger partial charge in [-0.05, 0) is 32.1 Å². The molecule has 2 rings (SSSR count). The standard InChI is InChI=1S/C18H17F3N2O2/c1-3-22-17(11(2)18(19,20)21)16(25)9-8-15(24)13-10-23-14-7-5-4-6-12(13)14/h4-11,23H,3H2,1-2H3/b9-8+,22-17?. The van der Waals surface area contributed by atoms with Gasteiger partial charge in [0.05, 0.1) is 11.6 Å². The topological polar surface area (TPSA) is 62.3 Å². The van der Waals surface area contributed by atoms with Crippen molar-refractivity contribution >= 4 is 28.2 Å². The van der Waals surface area contributed by atoms with Gasteiger partial charge in [-0.2, -0.15) is 13.2 Å². The molecule has 25 heavy (non-hydrogen) atoms. The lowest BCUT2D eigenvalue weighted by molar-refractivity contribution is -0.152. The van der Waals surface area contributed by atoms with E-state index in [-0.39, 0.29) is 6.54 Å². The first-order valence-electron chi connectivity index (χ1n) is 7.69. The zero-order valence-electron chi connectivity index (χ0n) is 13.7. The molecular weight excluding hydrogens is 333 g/mol. The highest BCUT2D eigenvalue weighted by Gasteiger charge is 2.41. The predicted molar refractivity (Wildman–Crippen MR) is 90.0 cm³/mol. The Morgan fingerprint density at radius 3 is 2.56 bits per heavy atom. The smallest absolute Gasteiger partial charge is 0.360 e. The number of ketones is 2. The first-order valence-corrected chi connectivity index (χ1v) is 7.69. The lowest BCUT2D eigenvalue weighted by atomic mass is 10.00. The maximum atomic E-state index is 12.9. The summed E-state index contributed by atoms with van der Waals surface area (Å²) < 4.78 is 38.6. The van der Waals surface area contributed by atoms with Gasteiger partial charge < -0.3 is 4.98 Å². The van der Waals surface area contributed by atoms with Gasteiger partial charge in [-0.3, -0.25) is 14.6 Å². The van der Waals surface area contributed by atoms with Crippen molar-refractivity contribution in [3.05, 3.63) is 48.2 Å². The normalized spacial score (nSPS) is 14.2. The number of aromatic amines is 1. The Labute approximate surface area is 142 Å². The van der Waals surface area contributed by atoms with Crippen LogP contribution in [0.5, 0.6) is 0 Å². The molecule has 0 aliphatic rings. The number of benzene rings is 1. The molecular formula is C18H17F3N2O2. The molecule has 132 valence electrons. The Balaban J connectivity index is 2.23. The highest BCUT2D eigenvalue weighted by atomic mass is 19.4. The fourth-order valence-corrected chi connectivity index (χ4v) is 2.36. The Morgan fingerprint density at radius 1 is 1.24 bits per heavy atom. The second-order valence-electron chi connectivity index (χ2n) is 5.43. The minimum atomic E-state index is -4.57. The summed E-state index contributed by atoms with van der Waals surface area (Å²) in [5, 5.41) is 0.677. The van der Waals surface area contributed by atoms with Crippen LogP contribution in [-0.4, -0.2) is 35.0 Å². The molecule has 1 aromatic heterocycles. The second kappa shape index (κ2) is 7.46. The third-order valence-corrected chi connectivity index (χ3v) is 3.72. The number of nitrogens with zero attached hydrogens (tertiary/aromatic N) is 1. The number of H-pyrrole nitrogens is 1. The number of hydrogen-bond donors (Lipinski definition) is 1. The number of hydrogen-bond acceptors (Lipinski definition) is 3. The highest BCUT2D eigenvalue weighted by molar-refractivity contribution is 6.45. The van der Waals surface area contributed by atoms with Crippen LogP contribution in [0.25, 0.3) is 10.9 Å². The van der Waals surface area contributed by atoms with Crippen LogP contribution in [0.1, 0.15) is 24.2 Å². The molecule has 0 aliphatic carbocycles. The maximum Gasteiger partial charge on any atom is 0.397 e. The van der Waals surface area contributed by atoms with Gasteiger partial charge in [0.15, 0.2) is 11.6 Å². The summed E-state index contributed by atoms with van der Waals surface area (Å²) in [6, 6.07) is 7.10. The Kier molecular flexibility index (Phi) is 5.56. The van der Waals surface area contributed by atoms with E-state index in [1.807, 2.05) is 0 Å². The second-order valence-corrected chi connectivity index (χ2v) is 5.43. The zero-order chi connectivity index (χ0) is 18.6. The van der Waals surface area contributed by atoms with Crippen molar-refractivity contribution in [2.75, 3.05) is 6.54 Å². The van der Waals surface area contributed by atoms with Crippen LogP contribution in [0.15, 0.2) is 47.6 Å². The molecule has 0 saturated heterocycles. The number of nitrogens with one attached hydrogen (secondary N) is 1. The highest BCUT2D eigenvalue weighted by Crippen LogP contribution is 2.27. The molecule has 4 nitrogen and oxygen atoms in total. The molecule has 1 N–H and O–H groups in total. The summed E-state index contributed by atoms with van der Waals surface area (Å²) in [6.07, 6.45) is -1.24. The van der Waals surface area contributed by atoms with Gasteiger partial charge >= 0.3 is 6.18 Å². The molecule has 1 heterocycles. The van der Waals surface area contributed by atoms with Crippen LogP contribution in [0, 0.1) is 5.92 Å². The number of aliphatic imine (C=N–C) groups is 1. The van der Waals surface area contributed by atoms with Crippen molar-refractivity contribution in [2.24, 2.45) is 10.9 Å². The summed E-state index contributed by atoms with van der Waals surface area (Å²) in [5.74, 6) is -3.38. The van der Waals surface area contributed by atoms with Crippen LogP contribution in [0.2, 0.25) is 0 Å². The number of allylic oxidation sites excluding steroid dienone is 2. The van der Waals surface area contributed by atoms with E-state index in [4.69, 9.17) is 0 Å². The van der Waals surface area contributed by atoms with Gasteiger partial charge in [0.2, 0.25) is 0 Å². The lowest BCUT2D eigenvalue weighted by Gasteiger charge is -2.16. The van der Waals surface area contributed by atoms with E-state index in [2.05, 4.69) is 9.98 Å². The van der Waals surface area contributed by atoms with Crippen LogP contribution in [0.4, 0.5) is 13.2 Å². The fourth-order valence-electron chi connectivity index (χ4n) is 2.36. The summed E-state index contributed by atoms with van der Waals surface area (Å²) in [7, 11) is 0. The monoisotopic (exact) mass is 350 g/mol. The average Bonchev–Trinajstić information content (AvgIpc) is 3.00. The third-order valence-electron chi connectivity index (χ3n) is 3.72. The van der Waals surface area contributed by atoms with Crippen molar-refractivity contribution < 1.29 is 22.8 Å². The van der Waals surface area contributed by atoms with Crippen LogP contribution < -0.4 is 0 Å². The van der Waals surface area contributed by atoms with Crippen LogP contribution in [-0.2, 0) is 4.79 Å². The minimum absolute atomic E-state index is 0.0473. The van der Waals surface area contributed by atoms with Gasteiger partial charge in [0.25, 0.3) is 0 Å². The van der Waals surface area contributed by atoms with Crippen molar-refractivity contribution in [3.8, 4) is 0 Å². The van der Waals surface area contributed by atoms with Crippen LogP contribution in [0.3, 0.4) is 0 Å². The molecule has 0 amide bonds. The van der Waals surface area contributed by atoms with Gasteiger partial charge in [0, 0.05) is 29.2 Å². The van der Waals surface area contributed by atoms with Gasteiger partial charge in [-0.1, -0.05) is 18.2 Å². The van der Waals surface area contributed by atoms with E-state index in [0.29, 0.717) is 10.9 Å². The number of carbonyl (C=O) groups excluding carboxylic acids is 2. The molecule has 0 saturated carbocycles. The number of halogens is 3. The molecule has 1 aromatic carbocycles. The van der Waals surface area contributed by atoms with E-state index in [0.717, 1.165) is 24.6 Å². The minimum Gasteiger partial charge on any atom is -0.360 e. The molecule has 7 heteroatoms. The number of aromatic nitrogens is 1. The molecule has 0 fully saturated rings. The number of para-hydroxylation sites is 1. The van der Waals surface area contributed by atoms with Crippen molar-refractivity contribution in [2.45, 2.75) is 20.0 Å². The summed E-state index contributed by atoms with van der Waals surface area (Å²) >= 11 is 0. The number of rotatable bonds is 6. The lowest BCUT2D eigenvalue weighted by Crippen LogP contribution is -2.32. The predicted octanol–water partition coefficient (Wildman–Crippen LogP) is 4.14. The zero-order valence-corrected chi connectivity index (χ0v) is 13.7. The van der Waals surface area contributed by atoms with Gasteiger partial charge in [0.1, 0.15) is 0 Å². The quantitative estimate of drug-likeness (QED) is 0.484. The summed E-state index contributed by atoms with van der Waals surface area (Å²) in [6.45, 7) is 2.46. The van der Waals surface area contributed by atoms with Gasteiger partial charge in [-0.15, -0.1) is 0 Å². The number of alkyl halides is 3. The SMILES string of the molecule is CCN=C(C(=O)/C=C/C(=O)c1c[nH]c2ccccc12)C(C)C(F)(F)F. The fraction of sp³-hybridized carbons (Fsp3) is 0.278. The van der Waals surface area contributed by atoms with E-state index in [1.54, 1.807) is 24.3 Å². The Morgan fingerprint density at radius 2 is 1.92 bits per heavy atom. The first-order chi connectivity index (χ1) is 11.8. The van der Waals surface area contributed by atoms with E-state index in [1.165, 1.54) is 13.1 Å². The summed E-state index contributed by atoms with van der Waals surface area (Å²) in [5.41, 5.74) is 0.500. The number of fused-ring (bicyclic) bond motifs is 1. The first kappa shape index (κ1) is 18.6. The molecule has 0 radical (unpaired) electrons. The number of carbonyl (C=O) groups is 2. The Hall–Kier alpha value is -2.70. The molecule has 0 bridgehead atoms. The molecule has 0 spiro atoms. The third kappa shape index (κ3) is 4.23. The molecule has 1 unspecified atom stereocenters. The molecule has 1 atom stereocenters. The van der Waals surface area contributed by atoms with E-state index >= 15 is 0 Å². The molecule has 2 aromatic rings. The van der Waals surface area contributed by atoms with Crippen molar-refractivity contribution in [1.29, 1.82) is 0 Å². The van der Waals surface area contributed by atoms with E-state index < -0.39 is 29.4 Å². The Bertz CT molecular complexity index is 847. The maximum absolute atomic E-state index is 12.9. The van der Waals surface area contributed by atoms with Crippen molar-refractivity contribution in [3.63, 3.8) is 0 Å². The average molecular weight is 350 g/mol. The van der Waals surface area contributed by atoms with Crippen LogP contribution >= 0.6 is 0 Å². The van der Waals surface area contributed by atoms with E-state index in [9.17, 15) is 22.8 Å². The largest absolute Gasteiger partial charge is 0.397 e. The summed E-state index contributed by atoms with van der Waals surface area (Å²) in [4.78, 5) is 30.9. The molecule has 0 aliphatic heterocycles.